The Kier molecular flexibility index (Phi) is 1.58. The number of halogens is 1. The third kappa shape index (κ3) is 1.18. The molecule has 2 aromatic heterocycles. The summed E-state index contributed by atoms with van der Waals surface area (Å²) in [5.41, 5.74) is 0.646. The molecule has 0 amide bonds. The molecule has 0 aliphatic rings. The molecule has 0 saturated heterocycles. The van der Waals surface area contributed by atoms with E-state index in [2.05, 4.69) is 19.8 Å². The van der Waals surface area contributed by atoms with Crippen LogP contribution in [0.1, 0.15) is 0 Å². The smallest absolute Gasteiger partial charge is 0.320 e. The van der Waals surface area contributed by atoms with E-state index in [1.165, 1.54) is 0 Å². The third-order valence-electron chi connectivity index (χ3n) is 1.34. The largest absolute Gasteiger partial charge is 0.321 e. The van der Waals surface area contributed by atoms with E-state index in [4.69, 9.17) is 11.6 Å². The van der Waals surface area contributed by atoms with Gasteiger partial charge in [0, 0.05) is 13.2 Å². The lowest BCUT2D eigenvalue weighted by Crippen LogP contribution is -1.88. The molecule has 0 atom stereocenters. The predicted octanol–water partition coefficient (Wildman–Crippen LogP) is 1.12. The van der Waals surface area contributed by atoms with Crippen LogP contribution in [0.4, 0.5) is 0 Å². The summed E-state index contributed by atoms with van der Waals surface area (Å²) in [6.45, 7) is 0. The zero-order chi connectivity index (χ0) is 8.55. The van der Waals surface area contributed by atoms with Gasteiger partial charge in [0.25, 0.3) is 0 Å². The Morgan fingerprint density at radius 3 is 2.92 bits per heavy atom. The second kappa shape index (κ2) is 2.60. The lowest BCUT2D eigenvalue weighted by molar-refractivity contribution is 0.420. The van der Waals surface area contributed by atoms with Gasteiger partial charge in [-0.25, -0.2) is 0 Å². The molecule has 0 unspecified atom stereocenters. The van der Waals surface area contributed by atoms with Crippen LogP contribution in [0.5, 0.6) is 0 Å². The fraction of sp³-hybridized carbons (Fsp3) is 0.167. The third-order valence-corrected chi connectivity index (χ3v) is 1.50. The molecule has 0 aliphatic carbocycles. The molecule has 5 nitrogen and oxygen atoms in total. The SMILES string of the molecule is Cn1ccc(-c2noc(Cl)n2)n1. The van der Waals surface area contributed by atoms with Gasteiger partial charge in [-0.15, -0.1) is 0 Å². The van der Waals surface area contributed by atoms with Gasteiger partial charge in [-0.05, 0) is 17.7 Å². The van der Waals surface area contributed by atoms with Gasteiger partial charge in [0.15, 0.2) is 0 Å². The molecule has 0 N–H and O–H groups in total. The lowest BCUT2D eigenvalue weighted by atomic mass is 10.4. The summed E-state index contributed by atoms with van der Waals surface area (Å²) in [5.74, 6) is 0.403. The second-order valence-corrected chi connectivity index (χ2v) is 2.57. The highest BCUT2D eigenvalue weighted by Crippen LogP contribution is 2.14. The van der Waals surface area contributed by atoms with Crippen molar-refractivity contribution in [1.29, 1.82) is 0 Å². The van der Waals surface area contributed by atoms with Gasteiger partial charge in [0.1, 0.15) is 5.69 Å². The van der Waals surface area contributed by atoms with Gasteiger partial charge in [-0.3, -0.25) is 4.68 Å². The highest BCUT2D eigenvalue weighted by Gasteiger charge is 2.08. The number of aryl methyl sites for hydroxylation is 1. The fourth-order valence-electron chi connectivity index (χ4n) is 0.843. The van der Waals surface area contributed by atoms with Crippen molar-refractivity contribution in [3.63, 3.8) is 0 Å². The van der Waals surface area contributed by atoms with Crippen LogP contribution in [0.25, 0.3) is 11.5 Å². The van der Waals surface area contributed by atoms with Crippen LogP contribution < -0.4 is 0 Å². The molecule has 2 rings (SSSR count). The first-order valence-electron chi connectivity index (χ1n) is 3.25. The molecule has 0 fully saturated rings. The molecular weight excluding hydrogens is 180 g/mol. The highest BCUT2D eigenvalue weighted by atomic mass is 35.5. The van der Waals surface area contributed by atoms with E-state index in [0.717, 1.165) is 0 Å². The summed E-state index contributed by atoms with van der Waals surface area (Å²) in [5, 5.41) is 7.70. The Bertz CT molecular complexity index is 355. The monoisotopic (exact) mass is 184 g/mol. The number of nitrogens with zero attached hydrogens (tertiary/aromatic N) is 4. The molecular formula is C6H5ClN4O. The maximum atomic E-state index is 5.44. The first kappa shape index (κ1) is 7.30. The van der Waals surface area contributed by atoms with Crippen molar-refractivity contribution in [2.45, 2.75) is 0 Å². The van der Waals surface area contributed by atoms with Crippen molar-refractivity contribution < 1.29 is 4.52 Å². The summed E-state index contributed by atoms with van der Waals surface area (Å²) < 4.78 is 6.24. The van der Waals surface area contributed by atoms with Gasteiger partial charge >= 0.3 is 5.35 Å². The topological polar surface area (TPSA) is 56.7 Å². The average Bonchev–Trinajstić information content (AvgIpc) is 2.58. The van der Waals surface area contributed by atoms with Gasteiger partial charge in [0.2, 0.25) is 5.82 Å². The lowest BCUT2D eigenvalue weighted by Gasteiger charge is -1.83. The standard InChI is InChI=1S/C6H5ClN4O/c1-11-3-2-4(9-11)5-8-6(7)12-10-5/h2-3H,1H3. The number of hydrogen-bond donors (Lipinski definition) is 0. The quantitative estimate of drug-likeness (QED) is 0.667. The zero-order valence-corrected chi connectivity index (χ0v) is 6.99. The maximum Gasteiger partial charge on any atom is 0.320 e. The number of hydrogen-bond acceptors (Lipinski definition) is 4. The van der Waals surface area contributed by atoms with Crippen molar-refractivity contribution in [2.24, 2.45) is 7.05 Å². The summed E-state index contributed by atoms with van der Waals surface area (Å²) in [6.07, 6.45) is 1.79. The van der Waals surface area contributed by atoms with E-state index in [1.807, 2.05) is 7.05 Å². The Morgan fingerprint density at radius 2 is 2.42 bits per heavy atom. The molecule has 12 heavy (non-hydrogen) atoms. The normalized spacial score (nSPS) is 10.5. The molecule has 0 radical (unpaired) electrons. The van der Waals surface area contributed by atoms with E-state index in [-0.39, 0.29) is 5.35 Å². The zero-order valence-electron chi connectivity index (χ0n) is 6.23. The first-order valence-corrected chi connectivity index (χ1v) is 3.63. The van der Waals surface area contributed by atoms with Crippen LogP contribution in [0.3, 0.4) is 0 Å². The average molecular weight is 185 g/mol. The second-order valence-electron chi connectivity index (χ2n) is 2.25. The van der Waals surface area contributed by atoms with Gasteiger partial charge in [0.05, 0.1) is 0 Å². The minimum absolute atomic E-state index is 0.0238. The molecule has 0 saturated carbocycles. The molecule has 62 valence electrons. The molecule has 6 heteroatoms. The Morgan fingerprint density at radius 1 is 1.58 bits per heavy atom. The van der Waals surface area contributed by atoms with E-state index in [9.17, 15) is 0 Å². The minimum atomic E-state index is 0.0238. The predicted molar refractivity (Wildman–Crippen MR) is 41.5 cm³/mol. The van der Waals surface area contributed by atoms with Crippen molar-refractivity contribution in [1.82, 2.24) is 19.9 Å². The first-order chi connectivity index (χ1) is 5.75. The van der Waals surface area contributed by atoms with Crippen LogP contribution in [0.15, 0.2) is 16.8 Å². The van der Waals surface area contributed by atoms with Crippen molar-refractivity contribution in [3.8, 4) is 11.5 Å². The summed E-state index contributed by atoms with van der Waals surface area (Å²) in [6, 6.07) is 1.78. The Balaban J connectivity index is 2.43. The van der Waals surface area contributed by atoms with Crippen molar-refractivity contribution in [3.05, 3.63) is 17.6 Å². The Hall–Kier alpha value is -1.36. The summed E-state index contributed by atoms with van der Waals surface area (Å²) in [4.78, 5) is 3.81. The summed E-state index contributed by atoms with van der Waals surface area (Å²) in [7, 11) is 1.81. The molecule has 0 spiro atoms. The van der Waals surface area contributed by atoms with E-state index >= 15 is 0 Å². The van der Waals surface area contributed by atoms with Crippen molar-refractivity contribution >= 4 is 11.6 Å². The van der Waals surface area contributed by atoms with Crippen LogP contribution in [0.2, 0.25) is 5.35 Å². The Labute approximate surface area is 72.9 Å². The molecule has 0 aliphatic heterocycles. The minimum Gasteiger partial charge on any atom is -0.321 e. The van der Waals surface area contributed by atoms with Crippen LogP contribution >= 0.6 is 11.6 Å². The molecule has 0 bridgehead atoms. The van der Waals surface area contributed by atoms with E-state index < -0.39 is 0 Å². The van der Waals surface area contributed by atoms with E-state index in [1.54, 1.807) is 16.9 Å². The van der Waals surface area contributed by atoms with Gasteiger partial charge in [-0.1, -0.05) is 5.16 Å². The summed E-state index contributed by atoms with van der Waals surface area (Å²) >= 11 is 5.44. The van der Waals surface area contributed by atoms with Crippen LogP contribution in [0, 0.1) is 0 Å². The van der Waals surface area contributed by atoms with Gasteiger partial charge in [-0.2, -0.15) is 10.1 Å². The van der Waals surface area contributed by atoms with Crippen LogP contribution in [-0.2, 0) is 7.05 Å². The van der Waals surface area contributed by atoms with Crippen LogP contribution in [-0.4, -0.2) is 19.9 Å². The van der Waals surface area contributed by atoms with Crippen molar-refractivity contribution in [2.75, 3.05) is 0 Å². The molecule has 2 aromatic rings. The molecule has 0 aromatic carbocycles. The highest BCUT2D eigenvalue weighted by molar-refractivity contribution is 6.27. The van der Waals surface area contributed by atoms with E-state index in [0.29, 0.717) is 11.5 Å². The molecule has 2 heterocycles. The maximum absolute atomic E-state index is 5.44. The van der Waals surface area contributed by atoms with Gasteiger partial charge < -0.3 is 4.52 Å². The number of rotatable bonds is 1. The number of aromatic nitrogens is 4. The fourth-order valence-corrected chi connectivity index (χ4v) is 0.958.